The Morgan fingerprint density at radius 1 is 0.556 bits per heavy atom. The van der Waals surface area contributed by atoms with Crippen molar-refractivity contribution in [2.24, 2.45) is 10.3 Å². The number of carbonyl (C=O) groups excluding carboxylic acids is 6. The van der Waals surface area contributed by atoms with E-state index in [1.54, 1.807) is 23.5 Å². The van der Waals surface area contributed by atoms with Crippen LogP contribution < -0.4 is 0 Å². The normalized spacial score (nSPS) is 12.7. The topological polar surface area (TPSA) is 175 Å². The molecule has 2 amide bonds. The van der Waals surface area contributed by atoms with Crippen LogP contribution in [0.15, 0.2) is 105 Å². The Bertz CT molecular complexity index is 2410. The first-order chi connectivity index (χ1) is 30.0. The molecule has 0 N–H and O–H groups in total. The van der Waals surface area contributed by atoms with E-state index in [2.05, 4.69) is 14.9 Å². The highest BCUT2D eigenvalue weighted by molar-refractivity contribution is 7.98. The fourth-order valence-corrected chi connectivity index (χ4v) is 7.94. The van der Waals surface area contributed by atoms with E-state index in [-0.39, 0.29) is 24.3 Å². The maximum atomic E-state index is 13.1. The first kappa shape index (κ1) is 47.6. The molecule has 2 unspecified atom stereocenters. The number of hydrogen-bond donors (Lipinski definition) is 0. The van der Waals surface area contributed by atoms with Gasteiger partial charge in [0, 0.05) is 104 Å². The average Bonchev–Trinajstić information content (AvgIpc) is 3.57. The van der Waals surface area contributed by atoms with Gasteiger partial charge in [0.25, 0.3) is 11.8 Å². The zero-order chi connectivity index (χ0) is 46.0. The lowest BCUT2D eigenvalue weighted by molar-refractivity contribution is -0.204. The Labute approximate surface area is 373 Å². The Balaban J connectivity index is 1.70. The number of benzene rings is 4. The van der Waals surface area contributed by atoms with E-state index < -0.39 is 47.8 Å². The lowest BCUT2D eigenvalue weighted by atomic mass is 9.94. The number of amides is 2. The van der Waals surface area contributed by atoms with Gasteiger partial charge in [0.05, 0.1) is 11.4 Å². The minimum atomic E-state index is -0.873. The number of aryl methyl sites for hydroxylation is 1. The molecule has 4 aromatic carbocycles. The predicted octanol–water partition coefficient (Wildman–Crippen LogP) is 8.71. The van der Waals surface area contributed by atoms with Crippen molar-refractivity contribution in [2.75, 3.05) is 12.5 Å². The number of hydrogen-bond acceptors (Lipinski definition) is 14. The van der Waals surface area contributed by atoms with Gasteiger partial charge in [0.1, 0.15) is 12.1 Å². The van der Waals surface area contributed by atoms with Crippen LogP contribution in [0.1, 0.15) is 95.6 Å². The molecule has 0 aliphatic rings. The van der Waals surface area contributed by atoms with Gasteiger partial charge >= 0.3 is 23.9 Å². The summed E-state index contributed by atoms with van der Waals surface area (Å²) >= 11 is 3.09. The highest BCUT2D eigenvalue weighted by Gasteiger charge is 2.31. The van der Waals surface area contributed by atoms with Crippen molar-refractivity contribution in [2.45, 2.75) is 89.7 Å². The van der Waals surface area contributed by atoms with E-state index in [0.717, 1.165) is 41.7 Å². The van der Waals surface area contributed by atoms with Crippen molar-refractivity contribution in [3.8, 4) is 0 Å². The minimum Gasteiger partial charge on any atom is -0.341 e. The van der Waals surface area contributed by atoms with Gasteiger partial charge in [-0.2, -0.15) is 10.1 Å². The predicted molar refractivity (Wildman–Crippen MR) is 241 cm³/mol. The molecule has 0 aliphatic heterocycles. The van der Waals surface area contributed by atoms with E-state index >= 15 is 0 Å². The first-order valence-electron chi connectivity index (χ1n) is 19.8. The minimum absolute atomic E-state index is 0.0323. The monoisotopic (exact) mass is 895 g/mol. The van der Waals surface area contributed by atoms with Crippen molar-refractivity contribution >= 4 is 92.4 Å². The quantitative estimate of drug-likeness (QED) is 0.0424. The molecule has 0 saturated carbocycles. The highest BCUT2D eigenvalue weighted by Crippen LogP contribution is 2.35. The molecule has 5 rings (SSSR count). The number of hydroxylamine groups is 4. The van der Waals surface area contributed by atoms with E-state index in [0.29, 0.717) is 28.8 Å². The number of rotatable bonds is 15. The number of oxime groups is 2. The van der Waals surface area contributed by atoms with Crippen LogP contribution in [0.2, 0.25) is 0 Å². The molecule has 5 aromatic rings. The molecule has 2 atom stereocenters. The lowest BCUT2D eigenvalue weighted by Gasteiger charge is -2.29. The fourth-order valence-electron chi connectivity index (χ4n) is 7.12. The molecular formula is C46H49N5O10S2. The maximum Gasteiger partial charge on any atom is 0.331 e. The second-order valence-corrected chi connectivity index (χ2v) is 16.1. The summed E-state index contributed by atoms with van der Waals surface area (Å²) in [7, 11) is 0. The Kier molecular flexibility index (Phi) is 16.3. The van der Waals surface area contributed by atoms with Crippen molar-refractivity contribution in [3.05, 3.63) is 107 Å². The number of carbonyl (C=O) groups is 6. The van der Waals surface area contributed by atoms with Crippen molar-refractivity contribution in [1.29, 1.82) is 0 Å². The summed E-state index contributed by atoms with van der Waals surface area (Å²) in [6, 6.07) is 24.4. The Morgan fingerprint density at radius 3 is 1.21 bits per heavy atom. The second-order valence-electron chi connectivity index (χ2n) is 14.3. The summed E-state index contributed by atoms with van der Waals surface area (Å²) in [6.07, 6.45) is 3.82. The molecule has 0 fully saturated rings. The van der Waals surface area contributed by atoms with E-state index in [1.807, 2.05) is 104 Å². The Hall–Kier alpha value is -6.46. The van der Waals surface area contributed by atoms with Crippen LogP contribution in [0.4, 0.5) is 0 Å². The van der Waals surface area contributed by atoms with Gasteiger partial charge in [0.15, 0.2) is 0 Å². The highest BCUT2D eigenvalue weighted by atomic mass is 32.2. The number of thioether (sulfide) groups is 2. The van der Waals surface area contributed by atoms with Crippen LogP contribution in [0.5, 0.6) is 0 Å². The number of fused-ring (bicyclic) bond motifs is 3. The van der Waals surface area contributed by atoms with Gasteiger partial charge in [-0.1, -0.05) is 46.7 Å². The van der Waals surface area contributed by atoms with Crippen LogP contribution in [-0.4, -0.2) is 74.3 Å². The summed E-state index contributed by atoms with van der Waals surface area (Å²) in [5.74, 6) is -3.79. The van der Waals surface area contributed by atoms with Crippen LogP contribution >= 0.6 is 23.5 Å². The zero-order valence-electron chi connectivity index (χ0n) is 36.5. The molecule has 330 valence electrons. The summed E-state index contributed by atoms with van der Waals surface area (Å²) in [5, 5.41) is 12.1. The zero-order valence-corrected chi connectivity index (χ0v) is 38.1. The average molecular weight is 896 g/mol. The summed E-state index contributed by atoms with van der Waals surface area (Å²) in [6.45, 7) is 10.0. The molecule has 0 spiro atoms. The number of nitrogens with zero attached hydrogens (tertiary/aromatic N) is 5. The van der Waals surface area contributed by atoms with Crippen LogP contribution in [0.3, 0.4) is 0 Å². The third-order valence-electron chi connectivity index (χ3n) is 9.83. The van der Waals surface area contributed by atoms with E-state index in [1.165, 1.54) is 41.5 Å². The van der Waals surface area contributed by atoms with Crippen LogP contribution in [-0.2, 0) is 54.7 Å². The van der Waals surface area contributed by atoms with Gasteiger partial charge in [-0.15, -0.1) is 23.5 Å². The van der Waals surface area contributed by atoms with Gasteiger partial charge < -0.3 is 23.9 Å². The summed E-state index contributed by atoms with van der Waals surface area (Å²) in [4.78, 5) is 98.4. The van der Waals surface area contributed by atoms with Crippen molar-refractivity contribution in [3.63, 3.8) is 0 Å². The second kappa shape index (κ2) is 21.6. The first-order valence-corrected chi connectivity index (χ1v) is 22.3. The molecule has 0 radical (unpaired) electrons. The summed E-state index contributed by atoms with van der Waals surface area (Å²) < 4.78 is 2.12. The molecule has 0 aliphatic carbocycles. The molecular weight excluding hydrogens is 847 g/mol. The SMILES string of the molecule is CCn1c2ccc(/C(CC(c3ccc(SC)cc3)N(OC(C)=O)C(C)=O)=N/OC(C)=O)cc2c2cc(/C(CC(c3ccc(SC)cc3)N(OC(C)=O)C(C)=O)=N/OC(C)=O)ccc21. The van der Waals surface area contributed by atoms with Crippen LogP contribution in [0.25, 0.3) is 21.8 Å². The molecule has 1 heterocycles. The molecule has 0 saturated heterocycles. The molecule has 15 nitrogen and oxygen atoms in total. The fraction of sp³-hybridized carbons (Fsp3) is 0.304. The van der Waals surface area contributed by atoms with E-state index in [4.69, 9.17) is 19.4 Å². The van der Waals surface area contributed by atoms with Gasteiger partial charge in [-0.3, -0.25) is 19.2 Å². The van der Waals surface area contributed by atoms with Gasteiger partial charge in [-0.25, -0.2) is 9.59 Å². The van der Waals surface area contributed by atoms with Crippen LogP contribution in [0, 0.1) is 0 Å². The van der Waals surface area contributed by atoms with Gasteiger partial charge in [-0.05, 0) is 79.1 Å². The third-order valence-corrected chi connectivity index (χ3v) is 11.3. The van der Waals surface area contributed by atoms with Crippen molar-refractivity contribution < 1.29 is 48.1 Å². The largest absolute Gasteiger partial charge is 0.341 e. The summed E-state index contributed by atoms with van der Waals surface area (Å²) in [5.41, 5.74) is 4.65. The lowest BCUT2D eigenvalue weighted by Crippen LogP contribution is -2.36. The molecule has 63 heavy (non-hydrogen) atoms. The maximum absolute atomic E-state index is 13.1. The standard InChI is InChI=1S/C46H49N5O10S2/c1-10-49-43-21-15-35(41(47-58-29(4)54)25-45(50(27(2)52)60-31(6)56)33-11-17-37(62-8)18-12-33)23-39(43)40-24-36(16-22-44(40)49)42(48-59-30(5)55)26-46(51(28(3)53)61-32(7)57)34-13-19-38(63-9)20-14-34/h11-24,45-46H,10,25-26H2,1-9H3/b47-41+,48-42+. The van der Waals surface area contributed by atoms with Gasteiger partial charge in [0.2, 0.25) is 0 Å². The van der Waals surface area contributed by atoms with Crippen molar-refractivity contribution in [1.82, 2.24) is 14.7 Å². The smallest absolute Gasteiger partial charge is 0.331 e. The van der Waals surface area contributed by atoms with E-state index in [9.17, 15) is 28.8 Å². The molecule has 0 bridgehead atoms. The molecule has 17 heteroatoms. The number of aromatic nitrogens is 1. The molecule has 1 aromatic heterocycles. The third kappa shape index (κ3) is 11.9. The Morgan fingerprint density at radius 2 is 0.921 bits per heavy atom.